The third-order valence-electron chi connectivity index (χ3n) is 2.72. The summed E-state index contributed by atoms with van der Waals surface area (Å²) in [7, 11) is 2.04. The SMILES string of the molecule is CN(c1nc(Cl)nc2[nH+]c[nH]c12)C1CC1. The van der Waals surface area contributed by atoms with E-state index in [0.717, 1.165) is 17.0 Å². The van der Waals surface area contributed by atoms with E-state index >= 15 is 0 Å². The van der Waals surface area contributed by atoms with Gasteiger partial charge in [0.15, 0.2) is 12.1 Å². The van der Waals surface area contributed by atoms with Crippen molar-refractivity contribution >= 4 is 28.6 Å². The van der Waals surface area contributed by atoms with Crippen LogP contribution in [0.2, 0.25) is 5.28 Å². The van der Waals surface area contributed by atoms with E-state index in [1.165, 1.54) is 12.8 Å². The first-order chi connectivity index (χ1) is 7.25. The fourth-order valence-electron chi connectivity index (χ4n) is 1.73. The van der Waals surface area contributed by atoms with Crippen LogP contribution in [0.15, 0.2) is 6.33 Å². The van der Waals surface area contributed by atoms with Crippen molar-refractivity contribution in [3.05, 3.63) is 11.6 Å². The zero-order chi connectivity index (χ0) is 10.4. The highest BCUT2D eigenvalue weighted by Crippen LogP contribution is 2.31. The Labute approximate surface area is 91.5 Å². The van der Waals surface area contributed by atoms with Crippen LogP contribution in [0.3, 0.4) is 0 Å². The highest BCUT2D eigenvalue weighted by atomic mass is 35.5. The van der Waals surface area contributed by atoms with Gasteiger partial charge in [-0.3, -0.25) is 4.98 Å². The molecule has 1 aliphatic rings. The van der Waals surface area contributed by atoms with Gasteiger partial charge in [0.1, 0.15) is 0 Å². The summed E-state index contributed by atoms with van der Waals surface area (Å²) in [4.78, 5) is 16.6. The molecular formula is C9H11ClN5+. The summed E-state index contributed by atoms with van der Waals surface area (Å²) in [6.45, 7) is 0. The second-order valence-electron chi connectivity index (χ2n) is 3.81. The van der Waals surface area contributed by atoms with Crippen molar-refractivity contribution in [3.63, 3.8) is 0 Å². The summed E-state index contributed by atoms with van der Waals surface area (Å²) in [5.41, 5.74) is 1.66. The van der Waals surface area contributed by atoms with Crippen LogP contribution >= 0.6 is 11.6 Å². The zero-order valence-corrected chi connectivity index (χ0v) is 9.04. The van der Waals surface area contributed by atoms with Crippen molar-refractivity contribution in [2.24, 2.45) is 0 Å². The van der Waals surface area contributed by atoms with Crippen molar-refractivity contribution in [3.8, 4) is 0 Å². The van der Waals surface area contributed by atoms with E-state index in [9.17, 15) is 0 Å². The highest BCUT2D eigenvalue weighted by Gasteiger charge is 2.30. The molecule has 1 aliphatic carbocycles. The molecule has 0 spiro atoms. The number of fused-ring (bicyclic) bond motifs is 1. The molecule has 6 heteroatoms. The molecule has 0 bridgehead atoms. The number of aromatic amines is 2. The Morgan fingerprint density at radius 2 is 2.33 bits per heavy atom. The first kappa shape index (κ1) is 8.91. The number of hydrogen-bond acceptors (Lipinski definition) is 3. The normalized spacial score (nSPS) is 15.9. The number of aromatic nitrogens is 4. The first-order valence-electron chi connectivity index (χ1n) is 4.91. The van der Waals surface area contributed by atoms with E-state index in [-0.39, 0.29) is 5.28 Å². The van der Waals surface area contributed by atoms with Gasteiger partial charge in [-0.05, 0) is 24.4 Å². The van der Waals surface area contributed by atoms with E-state index in [4.69, 9.17) is 11.6 Å². The third kappa shape index (κ3) is 1.43. The van der Waals surface area contributed by atoms with Crippen LogP contribution < -0.4 is 9.88 Å². The lowest BCUT2D eigenvalue weighted by atomic mass is 10.4. The molecule has 2 heterocycles. The second-order valence-corrected chi connectivity index (χ2v) is 4.15. The average molecular weight is 225 g/mol. The van der Waals surface area contributed by atoms with Crippen LogP contribution in [-0.2, 0) is 0 Å². The van der Waals surface area contributed by atoms with Gasteiger partial charge >= 0.3 is 10.9 Å². The molecule has 0 amide bonds. The first-order valence-corrected chi connectivity index (χ1v) is 5.28. The van der Waals surface area contributed by atoms with Crippen LogP contribution in [-0.4, -0.2) is 28.0 Å². The molecule has 0 atom stereocenters. The monoisotopic (exact) mass is 224 g/mol. The van der Waals surface area contributed by atoms with E-state index in [1.54, 1.807) is 6.33 Å². The summed E-state index contributed by atoms with van der Waals surface area (Å²) in [6, 6.07) is 0.600. The topological polar surface area (TPSA) is 59.0 Å². The largest absolute Gasteiger partial charge is 0.353 e. The molecule has 2 aromatic heterocycles. The zero-order valence-electron chi connectivity index (χ0n) is 8.29. The summed E-state index contributed by atoms with van der Waals surface area (Å²) in [5.74, 6) is 0.869. The minimum Gasteiger partial charge on any atom is -0.353 e. The lowest BCUT2D eigenvalue weighted by Crippen LogP contribution is -2.21. The van der Waals surface area contributed by atoms with Gasteiger partial charge in [0.2, 0.25) is 5.52 Å². The number of halogens is 1. The maximum Gasteiger partial charge on any atom is 0.306 e. The maximum atomic E-state index is 5.87. The summed E-state index contributed by atoms with van der Waals surface area (Å²) in [5, 5.41) is 0.279. The van der Waals surface area contributed by atoms with Gasteiger partial charge in [0.25, 0.3) is 0 Å². The van der Waals surface area contributed by atoms with E-state index in [0.29, 0.717) is 6.04 Å². The number of hydrogen-bond donors (Lipinski definition) is 1. The van der Waals surface area contributed by atoms with Crippen molar-refractivity contribution in [1.29, 1.82) is 0 Å². The number of nitrogens with one attached hydrogen (secondary N) is 2. The maximum absolute atomic E-state index is 5.87. The fourth-order valence-corrected chi connectivity index (χ4v) is 1.89. The standard InChI is InChI=1S/C9H10ClN5/c1-15(5-2-3-5)8-6-7(12-4-11-6)13-9(10)14-8/h4-5H,2-3H2,1H3,(H,11,12,13,14)/p+1. The predicted octanol–water partition coefficient (Wildman–Crippen LogP) is 1.02. The molecule has 0 aromatic carbocycles. The van der Waals surface area contributed by atoms with Crippen LogP contribution in [0, 0.1) is 0 Å². The molecule has 15 heavy (non-hydrogen) atoms. The number of anilines is 1. The fraction of sp³-hybridized carbons (Fsp3) is 0.444. The number of H-pyrrole nitrogens is 2. The predicted molar refractivity (Wildman–Crippen MR) is 56.9 cm³/mol. The molecule has 0 aliphatic heterocycles. The van der Waals surface area contributed by atoms with Crippen molar-refractivity contribution in [2.75, 3.05) is 11.9 Å². The van der Waals surface area contributed by atoms with Gasteiger partial charge < -0.3 is 4.90 Å². The molecule has 2 aromatic rings. The van der Waals surface area contributed by atoms with Gasteiger partial charge in [-0.25, -0.2) is 4.98 Å². The van der Waals surface area contributed by atoms with E-state index in [2.05, 4.69) is 24.8 Å². The molecule has 3 rings (SSSR count). The van der Waals surface area contributed by atoms with Crippen LogP contribution in [0.25, 0.3) is 11.2 Å². The van der Waals surface area contributed by atoms with Crippen LogP contribution in [0.5, 0.6) is 0 Å². The Balaban J connectivity index is 2.18. The minimum atomic E-state index is 0.279. The summed E-state index contributed by atoms with van der Waals surface area (Å²) < 4.78 is 0. The molecule has 0 unspecified atom stereocenters. The lowest BCUT2D eigenvalue weighted by molar-refractivity contribution is -0.347. The van der Waals surface area contributed by atoms with Gasteiger partial charge in [-0.15, -0.1) is 0 Å². The Morgan fingerprint density at radius 1 is 1.53 bits per heavy atom. The second kappa shape index (κ2) is 3.06. The molecule has 78 valence electrons. The Morgan fingerprint density at radius 3 is 3.07 bits per heavy atom. The van der Waals surface area contributed by atoms with Crippen molar-refractivity contribution in [2.45, 2.75) is 18.9 Å². The third-order valence-corrected chi connectivity index (χ3v) is 2.89. The Bertz CT molecular complexity index is 504. The van der Waals surface area contributed by atoms with Crippen molar-refractivity contribution < 1.29 is 4.98 Å². The molecule has 0 radical (unpaired) electrons. The average Bonchev–Trinajstić information content (AvgIpc) is 2.96. The minimum absolute atomic E-state index is 0.279. The molecule has 0 saturated heterocycles. The lowest BCUT2D eigenvalue weighted by Gasteiger charge is -2.15. The molecule has 1 saturated carbocycles. The highest BCUT2D eigenvalue weighted by molar-refractivity contribution is 6.28. The van der Waals surface area contributed by atoms with Crippen molar-refractivity contribution in [1.82, 2.24) is 15.0 Å². The Hall–Kier alpha value is -1.36. The number of imidazole rings is 1. The smallest absolute Gasteiger partial charge is 0.306 e. The van der Waals surface area contributed by atoms with Gasteiger partial charge in [0.05, 0.1) is 0 Å². The molecule has 1 fully saturated rings. The number of nitrogens with zero attached hydrogens (tertiary/aromatic N) is 3. The molecule has 2 N–H and O–H groups in total. The quantitative estimate of drug-likeness (QED) is 0.775. The summed E-state index contributed by atoms with van der Waals surface area (Å²) in [6.07, 6.45) is 4.19. The van der Waals surface area contributed by atoms with Crippen LogP contribution in [0.4, 0.5) is 5.82 Å². The van der Waals surface area contributed by atoms with Gasteiger partial charge in [-0.2, -0.15) is 4.98 Å². The van der Waals surface area contributed by atoms with Gasteiger partial charge in [0, 0.05) is 13.1 Å². The number of rotatable bonds is 2. The van der Waals surface area contributed by atoms with E-state index < -0.39 is 0 Å². The van der Waals surface area contributed by atoms with Gasteiger partial charge in [-0.1, -0.05) is 4.98 Å². The molecular weight excluding hydrogens is 214 g/mol. The van der Waals surface area contributed by atoms with Crippen LogP contribution in [0.1, 0.15) is 12.8 Å². The Kier molecular flexibility index (Phi) is 1.82. The summed E-state index contributed by atoms with van der Waals surface area (Å²) >= 11 is 5.87. The molecule has 5 nitrogen and oxygen atoms in total. The van der Waals surface area contributed by atoms with E-state index in [1.807, 2.05) is 7.05 Å².